The van der Waals surface area contributed by atoms with E-state index in [4.69, 9.17) is 9.47 Å². The number of nitrogens with one attached hydrogen (secondary N) is 2. The molecule has 5 nitrogen and oxygen atoms in total. The molecule has 2 rings (SSSR count). The Hall–Kier alpha value is -0.650. The van der Waals surface area contributed by atoms with Crippen molar-refractivity contribution in [2.45, 2.75) is 44.4 Å². The van der Waals surface area contributed by atoms with Crippen LogP contribution >= 0.6 is 0 Å². The molecule has 2 aliphatic rings. The molecule has 1 saturated heterocycles. The standard InChI is InChI=1S/C13H24N2O3/c1-9(13(16)14-6-8-17-2)15-11-5-7-18-12(11)10-3-4-10/h9-12,15H,3-8H2,1-2H3,(H,14,16). The van der Waals surface area contributed by atoms with Gasteiger partial charge in [0.15, 0.2) is 0 Å². The topological polar surface area (TPSA) is 59.6 Å². The first-order valence-electron chi connectivity index (χ1n) is 6.86. The number of amides is 1. The first kappa shape index (κ1) is 13.8. The Morgan fingerprint density at radius 1 is 1.44 bits per heavy atom. The van der Waals surface area contributed by atoms with Crippen LogP contribution in [0.15, 0.2) is 0 Å². The minimum absolute atomic E-state index is 0.0356. The molecule has 1 aliphatic carbocycles. The maximum absolute atomic E-state index is 11.8. The van der Waals surface area contributed by atoms with Crippen LogP contribution in [0.4, 0.5) is 0 Å². The van der Waals surface area contributed by atoms with Crippen molar-refractivity contribution in [3.8, 4) is 0 Å². The number of ether oxygens (including phenoxy) is 2. The molecule has 3 unspecified atom stereocenters. The number of hydrogen-bond acceptors (Lipinski definition) is 4. The smallest absolute Gasteiger partial charge is 0.236 e. The molecule has 18 heavy (non-hydrogen) atoms. The average molecular weight is 256 g/mol. The second kappa shape index (κ2) is 6.50. The third kappa shape index (κ3) is 3.67. The van der Waals surface area contributed by atoms with E-state index in [9.17, 15) is 4.79 Å². The third-order valence-electron chi connectivity index (χ3n) is 3.69. The average Bonchev–Trinajstić information content (AvgIpc) is 3.10. The van der Waals surface area contributed by atoms with Crippen molar-refractivity contribution in [2.75, 3.05) is 26.9 Å². The minimum Gasteiger partial charge on any atom is -0.383 e. The molecule has 0 aromatic rings. The van der Waals surface area contributed by atoms with Gasteiger partial charge in [0, 0.05) is 26.3 Å². The van der Waals surface area contributed by atoms with E-state index < -0.39 is 0 Å². The lowest BCUT2D eigenvalue weighted by Gasteiger charge is -2.23. The quantitative estimate of drug-likeness (QED) is 0.643. The van der Waals surface area contributed by atoms with Crippen molar-refractivity contribution >= 4 is 5.91 Å². The van der Waals surface area contributed by atoms with Gasteiger partial charge in [0.05, 0.1) is 18.8 Å². The van der Waals surface area contributed by atoms with Gasteiger partial charge in [-0.15, -0.1) is 0 Å². The molecule has 0 bridgehead atoms. The molecule has 0 aromatic carbocycles. The highest BCUT2D eigenvalue weighted by atomic mass is 16.5. The second-order valence-corrected chi connectivity index (χ2v) is 5.24. The molecule has 1 heterocycles. The summed E-state index contributed by atoms with van der Waals surface area (Å²) < 4.78 is 10.7. The van der Waals surface area contributed by atoms with Gasteiger partial charge >= 0.3 is 0 Å². The highest BCUT2D eigenvalue weighted by Gasteiger charge is 2.41. The van der Waals surface area contributed by atoms with Gasteiger partial charge in [0.25, 0.3) is 0 Å². The zero-order valence-electron chi connectivity index (χ0n) is 11.3. The first-order chi connectivity index (χ1) is 8.72. The van der Waals surface area contributed by atoms with Gasteiger partial charge in [0.2, 0.25) is 5.91 Å². The van der Waals surface area contributed by atoms with E-state index in [2.05, 4.69) is 10.6 Å². The van der Waals surface area contributed by atoms with Gasteiger partial charge in [-0.3, -0.25) is 4.79 Å². The van der Waals surface area contributed by atoms with Crippen LogP contribution in [0.25, 0.3) is 0 Å². The molecule has 104 valence electrons. The second-order valence-electron chi connectivity index (χ2n) is 5.24. The molecule has 0 aromatic heterocycles. The predicted octanol–water partition coefficient (Wildman–Crippen LogP) is 0.295. The van der Waals surface area contributed by atoms with Crippen LogP contribution in [0.1, 0.15) is 26.2 Å². The van der Waals surface area contributed by atoms with Crippen molar-refractivity contribution in [3.63, 3.8) is 0 Å². The van der Waals surface area contributed by atoms with Crippen LogP contribution in [0.2, 0.25) is 0 Å². The highest BCUT2D eigenvalue weighted by Crippen LogP contribution is 2.38. The maximum atomic E-state index is 11.8. The summed E-state index contributed by atoms with van der Waals surface area (Å²) in [6.45, 7) is 3.84. The largest absolute Gasteiger partial charge is 0.383 e. The van der Waals surface area contributed by atoms with Gasteiger partial charge in [-0.25, -0.2) is 0 Å². The SMILES string of the molecule is COCCNC(=O)C(C)NC1CCOC1C1CC1. The highest BCUT2D eigenvalue weighted by molar-refractivity contribution is 5.81. The van der Waals surface area contributed by atoms with E-state index in [1.807, 2.05) is 6.92 Å². The Morgan fingerprint density at radius 3 is 2.89 bits per heavy atom. The Bertz CT molecular complexity index is 281. The predicted molar refractivity (Wildman–Crippen MR) is 68.4 cm³/mol. The molecule has 2 fully saturated rings. The summed E-state index contributed by atoms with van der Waals surface area (Å²) in [5, 5.41) is 6.25. The van der Waals surface area contributed by atoms with Crippen LogP contribution in [0.5, 0.6) is 0 Å². The van der Waals surface area contributed by atoms with Crippen LogP contribution in [0, 0.1) is 5.92 Å². The van der Waals surface area contributed by atoms with Crippen molar-refractivity contribution in [2.24, 2.45) is 5.92 Å². The van der Waals surface area contributed by atoms with E-state index in [-0.39, 0.29) is 11.9 Å². The van der Waals surface area contributed by atoms with Gasteiger partial charge in [-0.05, 0) is 32.1 Å². The fourth-order valence-corrected chi connectivity index (χ4v) is 2.51. The number of carbonyl (C=O) groups is 1. The molecule has 0 radical (unpaired) electrons. The summed E-state index contributed by atoms with van der Waals surface area (Å²) in [5.41, 5.74) is 0. The molecule has 1 saturated carbocycles. The summed E-state index contributed by atoms with van der Waals surface area (Å²) in [6.07, 6.45) is 3.88. The Morgan fingerprint density at radius 2 is 2.22 bits per heavy atom. The van der Waals surface area contributed by atoms with Gasteiger partial charge < -0.3 is 20.1 Å². The Labute approximate surface area is 109 Å². The summed E-state index contributed by atoms with van der Waals surface area (Å²) in [6, 6.07) is 0.162. The number of rotatable bonds is 7. The number of methoxy groups -OCH3 is 1. The van der Waals surface area contributed by atoms with Crippen molar-refractivity contribution < 1.29 is 14.3 Å². The Balaban J connectivity index is 1.72. The van der Waals surface area contributed by atoms with Gasteiger partial charge in [0.1, 0.15) is 0 Å². The monoisotopic (exact) mass is 256 g/mol. The minimum atomic E-state index is -0.171. The van der Waals surface area contributed by atoms with Crippen LogP contribution in [-0.4, -0.2) is 51.0 Å². The zero-order valence-corrected chi connectivity index (χ0v) is 11.3. The fraction of sp³-hybridized carbons (Fsp3) is 0.923. The van der Waals surface area contributed by atoms with Gasteiger partial charge in [-0.1, -0.05) is 0 Å². The molecule has 5 heteroatoms. The normalized spacial score (nSPS) is 29.2. The summed E-state index contributed by atoms with van der Waals surface area (Å²) in [7, 11) is 1.63. The summed E-state index contributed by atoms with van der Waals surface area (Å²) in [4.78, 5) is 11.8. The molecule has 1 amide bonds. The molecule has 1 aliphatic heterocycles. The molecular formula is C13H24N2O3. The third-order valence-corrected chi connectivity index (χ3v) is 3.69. The van der Waals surface area contributed by atoms with E-state index in [1.54, 1.807) is 7.11 Å². The molecular weight excluding hydrogens is 232 g/mol. The zero-order chi connectivity index (χ0) is 13.0. The van der Waals surface area contributed by atoms with Crippen LogP contribution in [-0.2, 0) is 14.3 Å². The van der Waals surface area contributed by atoms with E-state index in [1.165, 1.54) is 12.8 Å². The summed E-state index contributed by atoms with van der Waals surface area (Å²) in [5.74, 6) is 0.752. The van der Waals surface area contributed by atoms with Crippen LogP contribution < -0.4 is 10.6 Å². The van der Waals surface area contributed by atoms with Crippen molar-refractivity contribution in [1.82, 2.24) is 10.6 Å². The Kier molecular flexibility index (Phi) is 4.97. The maximum Gasteiger partial charge on any atom is 0.236 e. The van der Waals surface area contributed by atoms with Crippen LogP contribution in [0.3, 0.4) is 0 Å². The van der Waals surface area contributed by atoms with Crippen molar-refractivity contribution in [3.05, 3.63) is 0 Å². The van der Waals surface area contributed by atoms with E-state index >= 15 is 0 Å². The molecule has 2 N–H and O–H groups in total. The number of hydrogen-bond donors (Lipinski definition) is 2. The van der Waals surface area contributed by atoms with E-state index in [0.717, 1.165) is 13.0 Å². The lowest BCUT2D eigenvalue weighted by atomic mass is 10.1. The van der Waals surface area contributed by atoms with Gasteiger partial charge in [-0.2, -0.15) is 0 Å². The first-order valence-corrected chi connectivity index (χ1v) is 6.86. The fourth-order valence-electron chi connectivity index (χ4n) is 2.51. The molecule has 0 spiro atoms. The van der Waals surface area contributed by atoms with Crippen molar-refractivity contribution in [1.29, 1.82) is 0 Å². The lowest BCUT2D eigenvalue weighted by molar-refractivity contribution is -0.123. The van der Waals surface area contributed by atoms with E-state index in [0.29, 0.717) is 31.2 Å². The summed E-state index contributed by atoms with van der Waals surface area (Å²) >= 11 is 0. The number of carbonyl (C=O) groups excluding carboxylic acids is 1. The lowest BCUT2D eigenvalue weighted by Crippen LogP contribution is -2.50. The molecule has 3 atom stereocenters.